The third-order valence-corrected chi connectivity index (χ3v) is 7.19. The molecule has 0 aromatic rings. The van der Waals surface area contributed by atoms with Gasteiger partial charge in [-0.3, -0.25) is 0 Å². The summed E-state index contributed by atoms with van der Waals surface area (Å²) in [6, 6.07) is 0. The topological polar surface area (TPSA) is 20.2 Å². The highest BCUT2D eigenvalue weighted by Crippen LogP contribution is 2.30. The molecular weight excluding hydrogens is 360 g/mol. The summed E-state index contributed by atoms with van der Waals surface area (Å²) in [7, 11) is 0. The summed E-state index contributed by atoms with van der Waals surface area (Å²) >= 11 is 4.50. The van der Waals surface area contributed by atoms with E-state index >= 15 is 0 Å². The van der Waals surface area contributed by atoms with E-state index in [0.29, 0.717) is 11.7 Å². The number of hydrogen-bond acceptors (Lipinski definition) is 2. The molecule has 1 nitrogen and oxygen atoms in total. The van der Waals surface area contributed by atoms with Crippen molar-refractivity contribution in [2.75, 3.05) is 5.75 Å². The quantitative estimate of drug-likeness (QED) is 0.134. The van der Waals surface area contributed by atoms with E-state index in [0.717, 1.165) is 19.3 Å². The Morgan fingerprint density at radius 2 is 0.964 bits per heavy atom. The van der Waals surface area contributed by atoms with Crippen molar-refractivity contribution in [3.05, 3.63) is 0 Å². The van der Waals surface area contributed by atoms with E-state index < -0.39 is 5.60 Å². The van der Waals surface area contributed by atoms with Gasteiger partial charge >= 0.3 is 0 Å². The molecule has 0 bridgehead atoms. The number of aliphatic hydroxyl groups is 1. The van der Waals surface area contributed by atoms with Gasteiger partial charge in [0.15, 0.2) is 0 Å². The van der Waals surface area contributed by atoms with Crippen LogP contribution in [0.1, 0.15) is 149 Å². The lowest BCUT2D eigenvalue weighted by Crippen LogP contribution is -2.38. The zero-order chi connectivity index (χ0) is 20.9. The zero-order valence-electron chi connectivity index (χ0n) is 19.8. The Kier molecular flexibility index (Phi) is 20.8. The fraction of sp³-hybridized carbons (Fsp3) is 1.00. The van der Waals surface area contributed by atoms with Crippen molar-refractivity contribution < 1.29 is 5.11 Å². The van der Waals surface area contributed by atoms with E-state index in [1.165, 1.54) is 109 Å². The van der Waals surface area contributed by atoms with E-state index in [4.69, 9.17) is 0 Å². The number of rotatable bonds is 22. The molecule has 2 unspecified atom stereocenters. The van der Waals surface area contributed by atoms with Crippen LogP contribution in [0.15, 0.2) is 0 Å². The van der Waals surface area contributed by atoms with E-state index in [1.54, 1.807) is 0 Å². The van der Waals surface area contributed by atoms with Crippen molar-refractivity contribution in [2.24, 2.45) is 5.92 Å². The Balaban J connectivity index is 3.68. The fourth-order valence-electron chi connectivity index (χ4n) is 4.25. The van der Waals surface area contributed by atoms with Gasteiger partial charge in [0.1, 0.15) is 0 Å². The Morgan fingerprint density at radius 3 is 1.36 bits per heavy atom. The molecule has 0 heterocycles. The molecule has 0 aromatic carbocycles. The Morgan fingerprint density at radius 1 is 0.607 bits per heavy atom. The second-order valence-electron chi connectivity index (χ2n) is 9.36. The van der Waals surface area contributed by atoms with Crippen molar-refractivity contribution in [3.63, 3.8) is 0 Å². The van der Waals surface area contributed by atoms with Gasteiger partial charge < -0.3 is 5.11 Å². The van der Waals surface area contributed by atoms with Crippen molar-refractivity contribution in [2.45, 2.75) is 155 Å². The molecule has 170 valence electrons. The molecule has 0 aromatic heterocycles. The SMILES string of the molecule is CCCCCCCCCCCCC(O)(CS)C(C)CCCCCCCCCC. The minimum Gasteiger partial charge on any atom is -0.389 e. The molecule has 1 N–H and O–H groups in total. The summed E-state index contributed by atoms with van der Waals surface area (Å²) < 4.78 is 0. The Hall–Kier alpha value is 0.310. The lowest BCUT2D eigenvalue weighted by molar-refractivity contribution is -0.00302. The minimum atomic E-state index is -0.551. The highest BCUT2D eigenvalue weighted by Gasteiger charge is 2.31. The molecule has 0 aliphatic carbocycles. The number of hydrogen-bond donors (Lipinski definition) is 2. The van der Waals surface area contributed by atoms with Gasteiger partial charge in [-0.15, -0.1) is 0 Å². The highest BCUT2D eigenvalue weighted by molar-refractivity contribution is 7.80. The van der Waals surface area contributed by atoms with Gasteiger partial charge in [-0.25, -0.2) is 0 Å². The first-order chi connectivity index (χ1) is 13.6. The molecule has 0 aliphatic heterocycles. The Bertz CT molecular complexity index is 307. The maximum Gasteiger partial charge on any atom is 0.0760 e. The second-order valence-corrected chi connectivity index (χ2v) is 9.67. The standard InChI is InChI=1S/C26H54OS/c1-4-6-8-10-12-14-15-17-19-21-23-26(27,24-28)25(3)22-20-18-16-13-11-9-7-5-2/h25,27-28H,4-24H2,1-3H3. The van der Waals surface area contributed by atoms with Crippen LogP contribution in [0.25, 0.3) is 0 Å². The van der Waals surface area contributed by atoms with Crippen molar-refractivity contribution in [1.82, 2.24) is 0 Å². The zero-order valence-corrected chi connectivity index (χ0v) is 20.7. The predicted octanol–water partition coefficient (Wildman–Crippen LogP) is 9.13. The fourth-order valence-corrected chi connectivity index (χ4v) is 4.72. The first kappa shape index (κ1) is 28.3. The van der Waals surface area contributed by atoms with Gasteiger partial charge in [-0.05, 0) is 18.8 Å². The smallest absolute Gasteiger partial charge is 0.0760 e. The van der Waals surface area contributed by atoms with Crippen molar-refractivity contribution in [1.29, 1.82) is 0 Å². The molecule has 2 heteroatoms. The molecule has 0 spiro atoms. The average Bonchev–Trinajstić information content (AvgIpc) is 2.71. The second kappa shape index (κ2) is 20.6. The molecule has 0 amide bonds. The lowest BCUT2D eigenvalue weighted by Gasteiger charge is -2.33. The van der Waals surface area contributed by atoms with Crippen LogP contribution in [0.3, 0.4) is 0 Å². The molecule has 0 fully saturated rings. The van der Waals surface area contributed by atoms with Gasteiger partial charge in [0, 0.05) is 5.75 Å². The van der Waals surface area contributed by atoms with Gasteiger partial charge in [0.25, 0.3) is 0 Å². The monoisotopic (exact) mass is 414 g/mol. The van der Waals surface area contributed by atoms with Crippen LogP contribution in [0.4, 0.5) is 0 Å². The van der Waals surface area contributed by atoms with Gasteiger partial charge in [-0.2, -0.15) is 12.6 Å². The molecule has 28 heavy (non-hydrogen) atoms. The van der Waals surface area contributed by atoms with Crippen LogP contribution < -0.4 is 0 Å². The third-order valence-electron chi connectivity index (χ3n) is 6.65. The van der Waals surface area contributed by atoms with Crippen molar-refractivity contribution in [3.8, 4) is 0 Å². The summed E-state index contributed by atoms with van der Waals surface area (Å²) in [4.78, 5) is 0. The third kappa shape index (κ3) is 16.1. The summed E-state index contributed by atoms with van der Waals surface area (Å²) in [6.45, 7) is 6.80. The molecule has 2 atom stereocenters. The van der Waals surface area contributed by atoms with Crippen LogP contribution in [-0.2, 0) is 0 Å². The van der Waals surface area contributed by atoms with Gasteiger partial charge in [0.05, 0.1) is 5.60 Å². The van der Waals surface area contributed by atoms with Gasteiger partial charge in [-0.1, -0.05) is 136 Å². The molecule has 0 aliphatic rings. The maximum atomic E-state index is 11.0. The molecule has 0 saturated carbocycles. The Labute approximate surface area is 184 Å². The number of unbranched alkanes of at least 4 members (excludes halogenated alkanes) is 16. The summed E-state index contributed by atoms with van der Waals surface area (Å²) in [5.41, 5.74) is -0.551. The first-order valence-electron chi connectivity index (χ1n) is 12.9. The van der Waals surface area contributed by atoms with Crippen LogP contribution in [0.2, 0.25) is 0 Å². The predicted molar refractivity (Wildman–Crippen MR) is 132 cm³/mol. The van der Waals surface area contributed by atoms with Gasteiger partial charge in [0.2, 0.25) is 0 Å². The molecule has 0 radical (unpaired) electrons. The average molecular weight is 415 g/mol. The summed E-state index contributed by atoms with van der Waals surface area (Å²) in [6.07, 6.45) is 26.5. The summed E-state index contributed by atoms with van der Waals surface area (Å²) in [5, 5.41) is 11.0. The highest BCUT2D eigenvalue weighted by atomic mass is 32.1. The van der Waals surface area contributed by atoms with Crippen LogP contribution in [0, 0.1) is 5.92 Å². The maximum absolute atomic E-state index is 11.0. The van der Waals surface area contributed by atoms with E-state index in [1.807, 2.05) is 0 Å². The molecular formula is C26H54OS. The van der Waals surface area contributed by atoms with Crippen LogP contribution in [0.5, 0.6) is 0 Å². The first-order valence-corrected chi connectivity index (χ1v) is 13.6. The minimum absolute atomic E-state index is 0.378. The number of thiol groups is 1. The molecule has 0 rings (SSSR count). The van der Waals surface area contributed by atoms with E-state index in [9.17, 15) is 5.11 Å². The van der Waals surface area contributed by atoms with E-state index in [2.05, 4.69) is 33.4 Å². The normalized spacial score (nSPS) is 14.9. The van der Waals surface area contributed by atoms with Crippen LogP contribution >= 0.6 is 12.6 Å². The van der Waals surface area contributed by atoms with Crippen molar-refractivity contribution >= 4 is 12.6 Å². The van der Waals surface area contributed by atoms with E-state index in [-0.39, 0.29) is 0 Å². The largest absolute Gasteiger partial charge is 0.389 e. The van der Waals surface area contributed by atoms with Crippen LogP contribution in [-0.4, -0.2) is 16.5 Å². The molecule has 0 saturated heterocycles. The lowest BCUT2D eigenvalue weighted by atomic mass is 9.82. The summed E-state index contributed by atoms with van der Waals surface area (Å²) in [5.74, 6) is 0.992.